The zero-order valence-corrected chi connectivity index (χ0v) is 12.5. The number of halogens is 1. The van der Waals surface area contributed by atoms with Gasteiger partial charge in [0.25, 0.3) is 5.56 Å². The lowest BCUT2D eigenvalue weighted by Gasteiger charge is -2.04. The number of nitrogens with one attached hydrogen (secondary N) is 1. The molecule has 2 aromatic heterocycles. The van der Waals surface area contributed by atoms with E-state index in [2.05, 4.69) is 25.9 Å². The lowest BCUT2D eigenvalue weighted by atomic mass is 10.1. The number of H-pyrrole nitrogens is 1. The molecule has 0 unspecified atom stereocenters. The molecule has 0 atom stereocenters. The molecule has 6 heteroatoms. The van der Waals surface area contributed by atoms with E-state index in [9.17, 15) is 9.90 Å². The molecule has 1 aromatic carbocycles. The first kappa shape index (κ1) is 13.1. The summed E-state index contributed by atoms with van der Waals surface area (Å²) in [7, 11) is 0. The van der Waals surface area contributed by atoms with Crippen LogP contribution in [0.5, 0.6) is 5.88 Å². The summed E-state index contributed by atoms with van der Waals surface area (Å²) >= 11 is 4.79. The molecule has 2 heterocycles. The van der Waals surface area contributed by atoms with Gasteiger partial charge in [0.15, 0.2) is 5.82 Å². The maximum absolute atomic E-state index is 12.2. The molecule has 3 rings (SSSR count). The van der Waals surface area contributed by atoms with E-state index in [-0.39, 0.29) is 17.0 Å². The monoisotopic (exact) mass is 348 g/mol. The van der Waals surface area contributed by atoms with Crippen molar-refractivity contribution in [1.82, 2.24) is 9.97 Å². The molecule has 0 aliphatic rings. The molecule has 3 aromatic rings. The largest absolute Gasteiger partial charge is 0.493 e. The van der Waals surface area contributed by atoms with E-state index < -0.39 is 0 Å². The molecule has 0 radical (unpaired) electrons. The van der Waals surface area contributed by atoms with Crippen molar-refractivity contribution < 1.29 is 5.11 Å². The average Bonchev–Trinajstić information content (AvgIpc) is 2.86. The Bertz CT molecular complexity index is 812. The maximum Gasteiger partial charge on any atom is 0.262 e. The molecular formula is C14H9BrN2O2S. The molecular weight excluding hydrogens is 340 g/mol. The van der Waals surface area contributed by atoms with Crippen LogP contribution in [0.4, 0.5) is 0 Å². The highest BCUT2D eigenvalue weighted by atomic mass is 79.9. The predicted molar refractivity (Wildman–Crippen MR) is 83.0 cm³/mol. The molecule has 0 bridgehead atoms. The van der Waals surface area contributed by atoms with Gasteiger partial charge in [0.2, 0.25) is 5.88 Å². The highest BCUT2D eigenvalue weighted by Gasteiger charge is 2.14. The lowest BCUT2D eigenvalue weighted by molar-refractivity contribution is 0.454. The van der Waals surface area contributed by atoms with E-state index in [0.29, 0.717) is 11.4 Å². The van der Waals surface area contributed by atoms with Crippen molar-refractivity contribution in [2.45, 2.75) is 0 Å². The van der Waals surface area contributed by atoms with E-state index in [1.54, 1.807) is 24.3 Å². The van der Waals surface area contributed by atoms with Crippen LogP contribution in [-0.4, -0.2) is 15.1 Å². The number of hydrogen-bond acceptors (Lipinski definition) is 4. The number of hydrogen-bond donors (Lipinski definition) is 2. The van der Waals surface area contributed by atoms with Crippen LogP contribution in [0.3, 0.4) is 0 Å². The summed E-state index contributed by atoms with van der Waals surface area (Å²) in [6, 6.07) is 12.7. The van der Waals surface area contributed by atoms with Gasteiger partial charge in [0.05, 0.1) is 8.66 Å². The molecule has 0 saturated carbocycles. The maximum atomic E-state index is 12.2. The molecule has 0 spiro atoms. The van der Waals surface area contributed by atoms with Crippen LogP contribution in [-0.2, 0) is 0 Å². The normalized spacial score (nSPS) is 10.7. The van der Waals surface area contributed by atoms with Gasteiger partial charge in [-0.05, 0) is 33.6 Å². The summed E-state index contributed by atoms with van der Waals surface area (Å²) in [4.78, 5) is 19.8. The van der Waals surface area contributed by atoms with Crippen molar-refractivity contribution >= 4 is 27.3 Å². The lowest BCUT2D eigenvalue weighted by Crippen LogP contribution is -2.11. The van der Waals surface area contributed by atoms with Crippen LogP contribution >= 0.6 is 27.3 Å². The van der Waals surface area contributed by atoms with Crippen LogP contribution in [0.2, 0.25) is 0 Å². The van der Waals surface area contributed by atoms with Gasteiger partial charge in [-0.3, -0.25) is 4.79 Å². The van der Waals surface area contributed by atoms with E-state index >= 15 is 0 Å². The predicted octanol–water partition coefficient (Wildman–Crippen LogP) is 3.63. The highest BCUT2D eigenvalue weighted by Crippen LogP contribution is 2.31. The Morgan fingerprint density at radius 2 is 1.90 bits per heavy atom. The molecule has 0 fully saturated rings. The third-order valence-corrected chi connectivity index (χ3v) is 4.40. The number of aromatic nitrogens is 2. The Labute approximate surface area is 126 Å². The van der Waals surface area contributed by atoms with Crippen LogP contribution in [0.1, 0.15) is 0 Å². The summed E-state index contributed by atoms with van der Waals surface area (Å²) in [6.45, 7) is 0. The molecule has 2 N–H and O–H groups in total. The number of aromatic amines is 1. The minimum atomic E-state index is -0.358. The van der Waals surface area contributed by atoms with E-state index in [0.717, 1.165) is 8.66 Å². The molecule has 0 aliphatic carbocycles. The molecule has 0 saturated heterocycles. The van der Waals surface area contributed by atoms with Crippen molar-refractivity contribution in [2.24, 2.45) is 0 Å². The van der Waals surface area contributed by atoms with Crippen molar-refractivity contribution in [3.8, 4) is 27.7 Å². The van der Waals surface area contributed by atoms with Crippen molar-refractivity contribution in [2.75, 3.05) is 0 Å². The molecule has 20 heavy (non-hydrogen) atoms. The zero-order chi connectivity index (χ0) is 14.1. The second-order valence-electron chi connectivity index (χ2n) is 4.08. The molecule has 0 aliphatic heterocycles. The summed E-state index contributed by atoms with van der Waals surface area (Å²) in [5, 5.41) is 10.1. The minimum absolute atomic E-state index is 0.185. The standard InChI is InChI=1S/C14H9BrN2O2S/c15-10-7-6-9(20-10)12-16-13(18)11(14(19)17-12)8-4-2-1-3-5-8/h1-7H,(H2,16,17,18,19). The van der Waals surface area contributed by atoms with Gasteiger partial charge in [-0.25, -0.2) is 0 Å². The SMILES string of the molecule is O=c1[nH]c(-c2ccc(Br)s2)nc(O)c1-c1ccccc1. The Morgan fingerprint density at radius 1 is 1.15 bits per heavy atom. The van der Waals surface area contributed by atoms with E-state index in [4.69, 9.17) is 0 Å². The summed E-state index contributed by atoms with van der Waals surface area (Å²) < 4.78 is 0.932. The smallest absolute Gasteiger partial charge is 0.262 e. The van der Waals surface area contributed by atoms with Gasteiger partial charge in [0.1, 0.15) is 5.56 Å². The quantitative estimate of drug-likeness (QED) is 0.742. The van der Waals surface area contributed by atoms with Gasteiger partial charge in [0, 0.05) is 0 Å². The third-order valence-electron chi connectivity index (χ3n) is 2.77. The van der Waals surface area contributed by atoms with Crippen LogP contribution in [0.25, 0.3) is 21.8 Å². The minimum Gasteiger partial charge on any atom is -0.493 e. The summed E-state index contributed by atoms with van der Waals surface area (Å²) in [6.07, 6.45) is 0. The van der Waals surface area contributed by atoms with E-state index in [1.807, 2.05) is 18.2 Å². The van der Waals surface area contributed by atoms with Crippen molar-refractivity contribution in [1.29, 1.82) is 0 Å². The number of benzene rings is 1. The summed E-state index contributed by atoms with van der Waals surface area (Å²) in [5.74, 6) is 0.0994. The van der Waals surface area contributed by atoms with Crippen molar-refractivity contribution in [3.05, 3.63) is 56.6 Å². The molecule has 100 valence electrons. The first-order valence-corrected chi connectivity index (χ1v) is 7.40. The summed E-state index contributed by atoms with van der Waals surface area (Å²) in [5.41, 5.74) is 0.464. The van der Waals surface area contributed by atoms with Gasteiger partial charge >= 0.3 is 0 Å². The number of nitrogens with zero attached hydrogens (tertiary/aromatic N) is 1. The first-order chi connectivity index (χ1) is 9.65. The van der Waals surface area contributed by atoms with Gasteiger partial charge in [-0.1, -0.05) is 30.3 Å². The van der Waals surface area contributed by atoms with Crippen LogP contribution in [0.15, 0.2) is 51.0 Å². The topological polar surface area (TPSA) is 66.0 Å². The third kappa shape index (κ3) is 2.39. The first-order valence-electron chi connectivity index (χ1n) is 5.79. The Hall–Kier alpha value is -1.92. The molecule has 4 nitrogen and oxygen atoms in total. The van der Waals surface area contributed by atoms with Gasteiger partial charge < -0.3 is 10.1 Å². The van der Waals surface area contributed by atoms with Crippen LogP contribution < -0.4 is 5.56 Å². The fraction of sp³-hybridized carbons (Fsp3) is 0. The van der Waals surface area contributed by atoms with E-state index in [1.165, 1.54) is 11.3 Å². The molecule has 0 amide bonds. The van der Waals surface area contributed by atoms with Gasteiger partial charge in [-0.15, -0.1) is 11.3 Å². The van der Waals surface area contributed by atoms with Gasteiger partial charge in [-0.2, -0.15) is 4.98 Å². The fourth-order valence-electron chi connectivity index (χ4n) is 1.88. The average molecular weight is 349 g/mol. The Morgan fingerprint density at radius 3 is 2.50 bits per heavy atom. The zero-order valence-electron chi connectivity index (χ0n) is 10.1. The number of rotatable bonds is 2. The Balaban J connectivity index is 2.15. The number of thiophene rings is 1. The van der Waals surface area contributed by atoms with Crippen molar-refractivity contribution in [3.63, 3.8) is 0 Å². The number of aromatic hydroxyl groups is 1. The fourth-order valence-corrected chi connectivity index (χ4v) is 3.22. The Kier molecular flexibility index (Phi) is 3.42. The van der Waals surface area contributed by atoms with Crippen LogP contribution in [0, 0.1) is 0 Å². The second kappa shape index (κ2) is 5.22. The highest BCUT2D eigenvalue weighted by molar-refractivity contribution is 9.11. The second-order valence-corrected chi connectivity index (χ2v) is 6.55.